The third-order valence-corrected chi connectivity index (χ3v) is 4.89. The lowest BCUT2D eigenvalue weighted by molar-refractivity contribution is 0.0922. The number of carbonyl (C=O) groups excluding carboxylic acids is 1. The van der Waals surface area contributed by atoms with Gasteiger partial charge in [0.2, 0.25) is 0 Å². The summed E-state index contributed by atoms with van der Waals surface area (Å²) in [5.74, 6) is 1.88. The van der Waals surface area contributed by atoms with E-state index >= 15 is 0 Å². The molecule has 1 saturated heterocycles. The highest BCUT2D eigenvalue weighted by molar-refractivity contribution is 5.91. The molecule has 3 rings (SSSR count). The van der Waals surface area contributed by atoms with Crippen molar-refractivity contribution >= 4 is 11.6 Å². The Morgan fingerprint density at radius 1 is 1.27 bits per heavy atom. The number of aromatic nitrogens is 1. The molecule has 1 amide bonds. The molecule has 6 heteroatoms. The summed E-state index contributed by atoms with van der Waals surface area (Å²) in [4.78, 5) is 18.7. The molecule has 0 unspecified atom stereocenters. The number of carbonyl (C=O) groups is 1. The molecule has 2 aromatic heterocycles. The van der Waals surface area contributed by atoms with Crippen molar-refractivity contribution in [3.05, 3.63) is 47.7 Å². The van der Waals surface area contributed by atoms with Crippen molar-refractivity contribution in [3.8, 4) is 0 Å². The number of rotatable bonds is 7. The number of furan rings is 1. The van der Waals surface area contributed by atoms with Gasteiger partial charge in [0.25, 0.3) is 5.91 Å². The summed E-state index contributed by atoms with van der Waals surface area (Å²) in [6, 6.07) is 5.60. The van der Waals surface area contributed by atoms with Crippen molar-refractivity contribution in [1.29, 1.82) is 0 Å². The minimum Gasteiger partial charge on any atom is -0.455 e. The fourth-order valence-corrected chi connectivity index (χ4v) is 3.16. The zero-order valence-corrected chi connectivity index (χ0v) is 15.6. The number of anilines is 1. The Balaban J connectivity index is 1.41. The molecular formula is C20H28N4O2. The van der Waals surface area contributed by atoms with Crippen LogP contribution in [0.15, 0.2) is 35.0 Å². The minimum atomic E-state index is -0.170. The van der Waals surface area contributed by atoms with Gasteiger partial charge in [-0.3, -0.25) is 14.7 Å². The number of amides is 1. The summed E-state index contributed by atoms with van der Waals surface area (Å²) in [7, 11) is 0. The molecule has 0 saturated carbocycles. The van der Waals surface area contributed by atoms with E-state index in [0.717, 1.165) is 42.6 Å². The van der Waals surface area contributed by atoms with Crippen LogP contribution in [0.25, 0.3) is 0 Å². The van der Waals surface area contributed by atoms with Crippen LogP contribution in [0.4, 0.5) is 5.69 Å². The average Bonchev–Trinajstić information content (AvgIpc) is 3.10. The first-order chi connectivity index (χ1) is 12.6. The molecule has 26 heavy (non-hydrogen) atoms. The average molecular weight is 356 g/mol. The standard InChI is InChI=1S/C20H28N4O2/c1-15-6-11-24(12-7-15)14-17-3-4-19(26-17)20(25)23-10-9-22-18-5-8-21-13-16(18)2/h3-5,8,13,15H,6-7,9-12,14H2,1-2H3,(H,21,22)(H,23,25). The van der Waals surface area contributed by atoms with Crippen LogP contribution < -0.4 is 10.6 Å². The smallest absolute Gasteiger partial charge is 0.287 e. The summed E-state index contributed by atoms with van der Waals surface area (Å²) in [5.41, 5.74) is 2.12. The van der Waals surface area contributed by atoms with Crippen molar-refractivity contribution < 1.29 is 9.21 Å². The SMILES string of the molecule is Cc1cnccc1NCCNC(=O)c1ccc(CN2CCC(C)CC2)o1. The second-order valence-electron chi connectivity index (χ2n) is 7.10. The Kier molecular flexibility index (Phi) is 6.28. The Bertz CT molecular complexity index is 720. The maximum atomic E-state index is 12.2. The fourth-order valence-electron chi connectivity index (χ4n) is 3.16. The molecule has 0 aromatic carbocycles. The molecule has 0 bridgehead atoms. The molecule has 3 heterocycles. The maximum absolute atomic E-state index is 12.2. The summed E-state index contributed by atoms with van der Waals surface area (Å²) in [6.45, 7) is 8.46. The second kappa shape index (κ2) is 8.85. The van der Waals surface area contributed by atoms with Gasteiger partial charge in [-0.15, -0.1) is 0 Å². The van der Waals surface area contributed by atoms with E-state index < -0.39 is 0 Å². The van der Waals surface area contributed by atoms with Gasteiger partial charge in [-0.05, 0) is 62.5 Å². The van der Waals surface area contributed by atoms with Gasteiger partial charge in [0.05, 0.1) is 6.54 Å². The third kappa shape index (κ3) is 5.08. The number of pyridine rings is 1. The van der Waals surface area contributed by atoms with Gasteiger partial charge >= 0.3 is 0 Å². The lowest BCUT2D eigenvalue weighted by atomic mass is 9.99. The summed E-state index contributed by atoms with van der Waals surface area (Å²) in [6.07, 6.45) is 6.03. The maximum Gasteiger partial charge on any atom is 0.287 e. The van der Waals surface area contributed by atoms with Gasteiger partial charge in [0.1, 0.15) is 5.76 Å². The van der Waals surface area contributed by atoms with Crippen LogP contribution in [-0.2, 0) is 6.54 Å². The van der Waals surface area contributed by atoms with E-state index in [-0.39, 0.29) is 5.91 Å². The van der Waals surface area contributed by atoms with Crippen LogP contribution in [0.5, 0.6) is 0 Å². The predicted octanol–water partition coefficient (Wildman–Crippen LogP) is 3.06. The molecule has 2 N–H and O–H groups in total. The zero-order valence-electron chi connectivity index (χ0n) is 15.6. The fraction of sp³-hybridized carbons (Fsp3) is 0.500. The Labute approximate surface area is 155 Å². The monoisotopic (exact) mass is 356 g/mol. The van der Waals surface area contributed by atoms with Crippen LogP contribution in [0, 0.1) is 12.8 Å². The van der Waals surface area contributed by atoms with Crippen molar-refractivity contribution in [2.45, 2.75) is 33.2 Å². The molecule has 1 aliphatic rings. The number of aryl methyl sites for hydroxylation is 1. The largest absolute Gasteiger partial charge is 0.455 e. The first kappa shape index (κ1) is 18.5. The Morgan fingerprint density at radius 2 is 2.08 bits per heavy atom. The Morgan fingerprint density at radius 3 is 2.85 bits per heavy atom. The van der Waals surface area contributed by atoms with E-state index in [1.165, 1.54) is 12.8 Å². The summed E-state index contributed by atoms with van der Waals surface area (Å²) < 4.78 is 5.73. The molecule has 0 aliphatic carbocycles. The number of nitrogens with one attached hydrogen (secondary N) is 2. The van der Waals surface area contributed by atoms with E-state index in [9.17, 15) is 4.79 Å². The first-order valence-corrected chi connectivity index (χ1v) is 9.35. The second-order valence-corrected chi connectivity index (χ2v) is 7.10. The van der Waals surface area contributed by atoms with Crippen LogP contribution in [0.3, 0.4) is 0 Å². The van der Waals surface area contributed by atoms with Crippen LogP contribution in [0.1, 0.15) is 41.6 Å². The topological polar surface area (TPSA) is 70.4 Å². The zero-order chi connectivity index (χ0) is 18.4. The van der Waals surface area contributed by atoms with Crippen LogP contribution in [-0.4, -0.2) is 42.0 Å². The molecule has 6 nitrogen and oxygen atoms in total. The molecule has 140 valence electrons. The van der Waals surface area contributed by atoms with Crippen molar-refractivity contribution in [1.82, 2.24) is 15.2 Å². The molecular weight excluding hydrogens is 328 g/mol. The van der Waals surface area contributed by atoms with E-state index in [1.54, 1.807) is 12.3 Å². The summed E-state index contributed by atoms with van der Waals surface area (Å²) >= 11 is 0. The van der Waals surface area contributed by atoms with E-state index in [2.05, 4.69) is 27.4 Å². The molecule has 1 aliphatic heterocycles. The van der Waals surface area contributed by atoms with Gasteiger partial charge < -0.3 is 15.1 Å². The highest BCUT2D eigenvalue weighted by Crippen LogP contribution is 2.19. The highest BCUT2D eigenvalue weighted by Gasteiger charge is 2.18. The lowest BCUT2D eigenvalue weighted by Gasteiger charge is -2.29. The van der Waals surface area contributed by atoms with E-state index in [4.69, 9.17) is 4.42 Å². The number of piperidine rings is 1. The molecule has 0 radical (unpaired) electrons. The number of hydrogen-bond donors (Lipinski definition) is 2. The van der Waals surface area contributed by atoms with Crippen molar-refractivity contribution in [2.24, 2.45) is 5.92 Å². The van der Waals surface area contributed by atoms with Crippen LogP contribution >= 0.6 is 0 Å². The summed E-state index contributed by atoms with van der Waals surface area (Å²) in [5, 5.41) is 6.18. The van der Waals surface area contributed by atoms with Crippen molar-refractivity contribution in [2.75, 3.05) is 31.5 Å². The number of likely N-dealkylation sites (tertiary alicyclic amines) is 1. The van der Waals surface area contributed by atoms with Gasteiger partial charge in [-0.25, -0.2) is 0 Å². The van der Waals surface area contributed by atoms with Crippen molar-refractivity contribution in [3.63, 3.8) is 0 Å². The van der Waals surface area contributed by atoms with E-state index in [1.807, 2.05) is 25.3 Å². The van der Waals surface area contributed by atoms with Crippen LogP contribution in [0.2, 0.25) is 0 Å². The highest BCUT2D eigenvalue weighted by atomic mass is 16.4. The number of hydrogen-bond acceptors (Lipinski definition) is 5. The lowest BCUT2D eigenvalue weighted by Crippen LogP contribution is -2.32. The Hall–Kier alpha value is -2.34. The van der Waals surface area contributed by atoms with E-state index in [0.29, 0.717) is 18.8 Å². The quantitative estimate of drug-likeness (QED) is 0.746. The number of nitrogens with zero attached hydrogens (tertiary/aromatic N) is 2. The first-order valence-electron chi connectivity index (χ1n) is 9.35. The molecule has 1 fully saturated rings. The molecule has 0 atom stereocenters. The molecule has 2 aromatic rings. The van der Waals surface area contributed by atoms with Gasteiger partial charge in [0, 0.05) is 31.2 Å². The minimum absolute atomic E-state index is 0.170. The van der Waals surface area contributed by atoms with Gasteiger partial charge in [-0.2, -0.15) is 0 Å². The predicted molar refractivity (Wildman–Crippen MR) is 102 cm³/mol. The normalized spacial score (nSPS) is 15.8. The third-order valence-electron chi connectivity index (χ3n) is 4.89. The van der Waals surface area contributed by atoms with Gasteiger partial charge in [-0.1, -0.05) is 6.92 Å². The van der Waals surface area contributed by atoms with Gasteiger partial charge in [0.15, 0.2) is 5.76 Å². The molecule has 0 spiro atoms.